The van der Waals surface area contributed by atoms with Crippen molar-refractivity contribution in [3.63, 3.8) is 0 Å². The molecule has 2 aliphatic rings. The van der Waals surface area contributed by atoms with Gasteiger partial charge < -0.3 is 29.9 Å². The van der Waals surface area contributed by atoms with Crippen LogP contribution in [0.5, 0.6) is 0 Å². The number of nitrogens with one attached hydrogen (secondary N) is 2. The van der Waals surface area contributed by atoms with Crippen LogP contribution in [0.1, 0.15) is 17.4 Å². The van der Waals surface area contributed by atoms with Gasteiger partial charge in [-0.15, -0.1) is 0 Å². The van der Waals surface area contributed by atoms with Crippen LogP contribution < -0.4 is 20.4 Å². The molecular weight excluding hydrogens is 558 g/mol. The molecule has 4 amide bonds. The fraction of sp³-hybridized carbons (Fsp3) is 0.385. The van der Waals surface area contributed by atoms with E-state index >= 15 is 8.78 Å². The highest BCUT2D eigenvalue weighted by molar-refractivity contribution is 5.96. The van der Waals surface area contributed by atoms with Gasteiger partial charge in [-0.1, -0.05) is 0 Å². The molecule has 3 aromatic rings. The highest BCUT2D eigenvalue weighted by atomic mass is 19.1. The van der Waals surface area contributed by atoms with Crippen molar-refractivity contribution in [1.82, 2.24) is 29.9 Å². The predicted molar refractivity (Wildman–Crippen MR) is 143 cm³/mol. The summed E-state index contributed by atoms with van der Waals surface area (Å²) in [7, 11) is 1.19. The lowest BCUT2D eigenvalue weighted by atomic mass is 10.1. The highest BCUT2D eigenvalue weighted by Gasteiger charge is 2.35. The molecule has 0 saturated carbocycles. The van der Waals surface area contributed by atoms with E-state index in [2.05, 4.69) is 25.3 Å². The third-order valence-electron chi connectivity index (χ3n) is 6.94. The number of aromatic nitrogens is 3. The van der Waals surface area contributed by atoms with Gasteiger partial charge in [0.25, 0.3) is 5.91 Å². The molecule has 2 fully saturated rings. The summed E-state index contributed by atoms with van der Waals surface area (Å²) in [5.41, 5.74) is -0.189. The van der Waals surface area contributed by atoms with Crippen LogP contribution in [-0.4, -0.2) is 102 Å². The second kappa shape index (κ2) is 11.8. The van der Waals surface area contributed by atoms with Crippen LogP contribution >= 0.6 is 0 Å². The van der Waals surface area contributed by atoms with E-state index in [0.29, 0.717) is 5.78 Å². The molecule has 16 heteroatoms. The number of nitrogens with zero attached hydrogens (tertiary/aromatic N) is 6. The summed E-state index contributed by atoms with van der Waals surface area (Å²) in [6, 6.07) is 2.92. The van der Waals surface area contributed by atoms with E-state index in [0.717, 1.165) is 17.0 Å². The lowest BCUT2D eigenvalue weighted by Gasteiger charge is -2.37. The average Bonchev–Trinajstić information content (AvgIpc) is 3.59. The summed E-state index contributed by atoms with van der Waals surface area (Å²) < 4.78 is 41.5. The molecule has 0 spiro atoms. The van der Waals surface area contributed by atoms with Gasteiger partial charge in [-0.2, -0.15) is 0 Å². The first kappa shape index (κ1) is 28.5. The second-order valence-corrected chi connectivity index (χ2v) is 9.71. The molecule has 2 saturated heterocycles. The zero-order chi connectivity index (χ0) is 30.0. The first-order valence-electron chi connectivity index (χ1n) is 13.1. The van der Waals surface area contributed by atoms with Crippen LogP contribution in [0.4, 0.5) is 29.7 Å². The van der Waals surface area contributed by atoms with Crippen molar-refractivity contribution in [2.45, 2.75) is 19.1 Å². The zero-order valence-electron chi connectivity index (χ0n) is 22.8. The number of amides is 4. The Labute approximate surface area is 238 Å². The van der Waals surface area contributed by atoms with Crippen molar-refractivity contribution >= 4 is 41.2 Å². The van der Waals surface area contributed by atoms with Gasteiger partial charge in [-0.3, -0.25) is 18.9 Å². The smallest absolute Gasteiger partial charge is 0.414 e. The molecule has 4 heterocycles. The quantitative estimate of drug-likeness (QED) is 0.416. The van der Waals surface area contributed by atoms with Gasteiger partial charge in [-0.25, -0.2) is 28.3 Å². The van der Waals surface area contributed by atoms with Crippen LogP contribution in [0.2, 0.25) is 0 Å². The summed E-state index contributed by atoms with van der Waals surface area (Å²) in [6.45, 7) is 2.13. The minimum absolute atomic E-state index is 0.0232. The Kier molecular flexibility index (Phi) is 8.04. The van der Waals surface area contributed by atoms with Crippen LogP contribution in [-0.2, 0) is 14.3 Å². The van der Waals surface area contributed by atoms with Gasteiger partial charge in [0.15, 0.2) is 11.6 Å². The van der Waals surface area contributed by atoms with E-state index in [1.54, 1.807) is 29.8 Å². The molecule has 2 aliphatic heterocycles. The number of piperazine rings is 1. The Balaban J connectivity index is 1.17. The number of benzene rings is 1. The lowest BCUT2D eigenvalue weighted by molar-refractivity contribution is -0.133. The van der Waals surface area contributed by atoms with E-state index in [9.17, 15) is 19.2 Å². The van der Waals surface area contributed by atoms with Crippen LogP contribution in [0.25, 0.3) is 5.78 Å². The summed E-state index contributed by atoms with van der Waals surface area (Å²) in [4.78, 5) is 61.4. The maximum Gasteiger partial charge on any atom is 0.414 e. The Morgan fingerprint density at radius 3 is 2.55 bits per heavy atom. The first-order valence-corrected chi connectivity index (χ1v) is 13.1. The molecule has 1 aromatic carbocycles. The normalized spacial score (nSPS) is 17.7. The third-order valence-corrected chi connectivity index (χ3v) is 6.94. The number of cyclic esters (lactones) is 1. The molecule has 2 unspecified atom stereocenters. The summed E-state index contributed by atoms with van der Waals surface area (Å²) >= 11 is 0. The van der Waals surface area contributed by atoms with Crippen LogP contribution in [0.3, 0.4) is 0 Å². The molecule has 5 rings (SSSR count). The first-order chi connectivity index (χ1) is 20.1. The number of methoxy groups -OCH3 is 1. The number of hydrogen-bond acceptors (Lipinski definition) is 9. The van der Waals surface area contributed by atoms with Crippen molar-refractivity contribution in [3.05, 3.63) is 54.1 Å². The number of rotatable bonds is 7. The molecule has 2 N–H and O–H groups in total. The third kappa shape index (κ3) is 5.87. The van der Waals surface area contributed by atoms with E-state index < -0.39 is 41.9 Å². The van der Waals surface area contributed by atoms with Gasteiger partial charge in [0, 0.05) is 56.9 Å². The van der Waals surface area contributed by atoms with Gasteiger partial charge in [-0.05, 0) is 13.0 Å². The Hall–Kier alpha value is -5.02. The molecule has 14 nitrogen and oxygen atoms in total. The number of halogens is 2. The van der Waals surface area contributed by atoms with Crippen molar-refractivity contribution in [2.75, 3.05) is 56.2 Å². The maximum atomic E-state index is 15.2. The van der Waals surface area contributed by atoms with Crippen molar-refractivity contribution in [2.24, 2.45) is 0 Å². The van der Waals surface area contributed by atoms with E-state index in [-0.39, 0.29) is 62.2 Å². The largest absolute Gasteiger partial charge is 0.453 e. The van der Waals surface area contributed by atoms with Crippen molar-refractivity contribution < 1.29 is 37.4 Å². The fourth-order valence-electron chi connectivity index (χ4n) is 4.81. The summed E-state index contributed by atoms with van der Waals surface area (Å²) in [6.07, 6.45) is 2.53. The number of alkyl carbamates (subject to hydrolysis) is 1. The number of fused-ring (bicyclic) bond motifs is 1. The molecule has 0 bridgehead atoms. The Bertz CT molecular complexity index is 1470. The monoisotopic (exact) mass is 586 g/mol. The number of anilines is 2. The predicted octanol–water partition coefficient (Wildman–Crippen LogP) is 1.16. The molecule has 0 radical (unpaired) electrons. The summed E-state index contributed by atoms with van der Waals surface area (Å²) in [5, 5.41) is 5.04. The molecule has 2 aromatic heterocycles. The van der Waals surface area contributed by atoms with E-state index in [1.807, 2.05) is 0 Å². The maximum absolute atomic E-state index is 15.2. The van der Waals surface area contributed by atoms with Crippen molar-refractivity contribution in [3.8, 4) is 0 Å². The summed E-state index contributed by atoms with van der Waals surface area (Å²) in [5.74, 6) is -2.28. The molecule has 2 atom stereocenters. The van der Waals surface area contributed by atoms with Gasteiger partial charge in [0.05, 0.1) is 25.9 Å². The van der Waals surface area contributed by atoms with Crippen LogP contribution in [0.15, 0.2) is 36.8 Å². The van der Waals surface area contributed by atoms with Crippen LogP contribution in [0, 0.1) is 11.6 Å². The van der Waals surface area contributed by atoms with Gasteiger partial charge >= 0.3 is 12.2 Å². The highest BCUT2D eigenvalue weighted by Crippen LogP contribution is 2.31. The average molecular weight is 587 g/mol. The van der Waals surface area contributed by atoms with E-state index in [4.69, 9.17) is 4.74 Å². The number of hydrogen-bond donors (Lipinski definition) is 2. The molecule has 0 aliphatic carbocycles. The zero-order valence-corrected chi connectivity index (χ0v) is 22.8. The van der Waals surface area contributed by atoms with Gasteiger partial charge in [0.1, 0.15) is 23.5 Å². The number of carbonyl (C=O) groups excluding carboxylic acids is 4. The lowest BCUT2D eigenvalue weighted by Crippen LogP contribution is -2.54. The molecule has 42 heavy (non-hydrogen) atoms. The standard InChI is InChI=1S/C26H28F2N8O6/c1-15(31-22(37)20-14-35-5-3-4-29-24(35)32-20)23(38)34-8-6-33(7-9-34)21-18(27)10-16(11-19(21)28)36-13-17(42-26(36)40)12-30-25(39)41-2/h3-5,10-11,14-15,17H,6-9,12-13H2,1-2H3,(H,30,39)(H,31,37). The Morgan fingerprint density at radius 1 is 1.17 bits per heavy atom. The van der Waals surface area contributed by atoms with Crippen molar-refractivity contribution in [1.29, 1.82) is 0 Å². The Morgan fingerprint density at radius 2 is 1.88 bits per heavy atom. The number of ether oxygens (including phenoxy) is 2. The number of carbonyl (C=O) groups is 4. The minimum atomic E-state index is -0.878. The van der Waals surface area contributed by atoms with Gasteiger partial charge in [0.2, 0.25) is 11.7 Å². The van der Waals surface area contributed by atoms with E-state index in [1.165, 1.54) is 23.1 Å². The topological polar surface area (TPSA) is 151 Å². The molecule has 222 valence electrons. The fourth-order valence-corrected chi connectivity index (χ4v) is 4.81. The second-order valence-electron chi connectivity index (χ2n) is 9.71. The number of imidazole rings is 1. The SMILES string of the molecule is COC(=O)NCC1CN(c2cc(F)c(N3CCN(C(=O)C(C)NC(=O)c4cn5cccnc5n4)CC3)c(F)c2)C(=O)O1. The minimum Gasteiger partial charge on any atom is -0.453 e. The molecular formula is C26H28F2N8O6.